The van der Waals surface area contributed by atoms with Crippen LogP contribution in [-0.2, 0) is 6.18 Å². The van der Waals surface area contributed by atoms with Gasteiger partial charge in [0.05, 0.1) is 16.1 Å². The van der Waals surface area contributed by atoms with Crippen LogP contribution in [0.3, 0.4) is 0 Å². The number of nitrogens with zero attached hydrogens (tertiary/aromatic N) is 1. The van der Waals surface area contributed by atoms with Crippen molar-refractivity contribution in [3.63, 3.8) is 0 Å². The van der Waals surface area contributed by atoms with Gasteiger partial charge < -0.3 is 0 Å². The zero-order valence-corrected chi connectivity index (χ0v) is 9.01. The monoisotopic (exact) mass is 259 g/mol. The van der Waals surface area contributed by atoms with Crippen molar-refractivity contribution in [3.8, 4) is 0 Å². The van der Waals surface area contributed by atoms with E-state index in [-0.39, 0.29) is 10.9 Å². The Morgan fingerprint density at radius 3 is 2.53 bits per heavy atom. The zero-order chi connectivity index (χ0) is 12.6. The number of pyridine rings is 1. The van der Waals surface area contributed by atoms with Crippen LogP contribution in [-0.4, -0.2) is 11.3 Å². The highest BCUT2D eigenvalue weighted by atomic mass is 35.5. The van der Waals surface area contributed by atoms with E-state index in [1.165, 1.54) is 12.3 Å². The highest BCUT2D eigenvalue weighted by Gasteiger charge is 2.33. The molecule has 0 atom stereocenters. The molecule has 0 unspecified atom stereocenters. The number of carbonyl (C=O) groups excluding carboxylic acids is 1. The summed E-state index contributed by atoms with van der Waals surface area (Å²) in [5.41, 5.74) is -0.405. The second kappa shape index (κ2) is 4.00. The van der Waals surface area contributed by atoms with E-state index in [1.807, 2.05) is 0 Å². The number of hydrogen-bond acceptors (Lipinski definition) is 2. The van der Waals surface area contributed by atoms with Gasteiger partial charge in [-0.15, -0.1) is 0 Å². The van der Waals surface area contributed by atoms with Crippen LogP contribution in [0, 0.1) is 0 Å². The topological polar surface area (TPSA) is 30.0 Å². The highest BCUT2D eigenvalue weighted by molar-refractivity contribution is 6.32. The molecule has 0 N–H and O–H groups in total. The molecular formula is C11H5ClF3NO. The van der Waals surface area contributed by atoms with Crippen molar-refractivity contribution in [2.75, 3.05) is 0 Å². The number of fused-ring (bicyclic) bond motifs is 1. The van der Waals surface area contributed by atoms with E-state index in [0.29, 0.717) is 11.8 Å². The van der Waals surface area contributed by atoms with Gasteiger partial charge in [-0.3, -0.25) is 9.78 Å². The fourth-order valence-electron chi connectivity index (χ4n) is 1.45. The van der Waals surface area contributed by atoms with Crippen molar-refractivity contribution in [2.24, 2.45) is 0 Å². The lowest BCUT2D eigenvalue weighted by Crippen LogP contribution is -2.06. The molecule has 0 aliphatic heterocycles. The lowest BCUT2D eigenvalue weighted by Gasteiger charge is -2.10. The van der Waals surface area contributed by atoms with Crippen LogP contribution < -0.4 is 0 Å². The van der Waals surface area contributed by atoms with Gasteiger partial charge in [0.15, 0.2) is 6.29 Å². The third-order valence-corrected chi connectivity index (χ3v) is 2.55. The summed E-state index contributed by atoms with van der Waals surface area (Å²) in [6, 6.07) is 3.35. The van der Waals surface area contributed by atoms with Gasteiger partial charge in [-0.1, -0.05) is 11.6 Å². The maximum absolute atomic E-state index is 12.6. The number of hydrogen-bond donors (Lipinski definition) is 0. The van der Waals surface area contributed by atoms with Gasteiger partial charge in [-0.05, 0) is 18.2 Å². The highest BCUT2D eigenvalue weighted by Crippen LogP contribution is 2.36. The largest absolute Gasteiger partial charge is 0.417 e. The van der Waals surface area contributed by atoms with Crippen LogP contribution in [0.15, 0.2) is 24.4 Å². The summed E-state index contributed by atoms with van der Waals surface area (Å²) < 4.78 is 37.8. The van der Waals surface area contributed by atoms with Gasteiger partial charge in [0, 0.05) is 17.1 Å². The molecule has 17 heavy (non-hydrogen) atoms. The van der Waals surface area contributed by atoms with Crippen molar-refractivity contribution in [1.82, 2.24) is 4.98 Å². The normalized spacial score (nSPS) is 11.8. The third kappa shape index (κ3) is 2.24. The van der Waals surface area contributed by atoms with E-state index in [1.54, 1.807) is 0 Å². The van der Waals surface area contributed by atoms with Crippen molar-refractivity contribution in [1.29, 1.82) is 0 Å². The van der Waals surface area contributed by atoms with Crippen LogP contribution in [0.1, 0.15) is 15.9 Å². The Kier molecular flexibility index (Phi) is 2.79. The fraction of sp³-hybridized carbons (Fsp3) is 0.0909. The predicted molar refractivity (Wildman–Crippen MR) is 57.1 cm³/mol. The molecule has 0 radical (unpaired) electrons. The van der Waals surface area contributed by atoms with Crippen molar-refractivity contribution in [2.45, 2.75) is 6.18 Å². The molecule has 0 saturated heterocycles. The van der Waals surface area contributed by atoms with Crippen LogP contribution in [0.4, 0.5) is 13.2 Å². The maximum atomic E-state index is 12.6. The average Bonchev–Trinajstić information content (AvgIpc) is 2.26. The van der Waals surface area contributed by atoms with E-state index in [4.69, 9.17) is 11.6 Å². The molecule has 1 heterocycles. The summed E-state index contributed by atoms with van der Waals surface area (Å²) >= 11 is 5.53. The molecule has 1 aromatic carbocycles. The van der Waals surface area contributed by atoms with Crippen molar-refractivity contribution in [3.05, 3.63) is 40.5 Å². The molecule has 2 nitrogen and oxygen atoms in total. The average molecular weight is 260 g/mol. The lowest BCUT2D eigenvalue weighted by atomic mass is 10.1. The summed E-state index contributed by atoms with van der Waals surface area (Å²) in [6.45, 7) is 0. The number of alkyl halides is 3. The molecule has 0 saturated carbocycles. The summed E-state index contributed by atoms with van der Waals surface area (Å²) in [6.07, 6.45) is -2.73. The van der Waals surface area contributed by atoms with E-state index in [2.05, 4.69) is 4.98 Å². The Bertz CT molecular complexity index is 595. The number of rotatable bonds is 1. The van der Waals surface area contributed by atoms with Crippen LogP contribution >= 0.6 is 11.6 Å². The molecule has 0 aliphatic carbocycles. The lowest BCUT2D eigenvalue weighted by molar-refractivity contribution is -0.137. The first-order valence-electron chi connectivity index (χ1n) is 4.53. The summed E-state index contributed by atoms with van der Waals surface area (Å²) in [4.78, 5) is 14.4. The van der Waals surface area contributed by atoms with Crippen molar-refractivity contribution >= 4 is 28.8 Å². The fourth-order valence-corrected chi connectivity index (χ4v) is 1.71. The van der Waals surface area contributed by atoms with Crippen LogP contribution in [0.2, 0.25) is 5.02 Å². The zero-order valence-electron chi connectivity index (χ0n) is 8.25. The molecule has 0 amide bonds. The number of aromatic nitrogens is 1. The maximum Gasteiger partial charge on any atom is 0.417 e. The number of benzene rings is 1. The Balaban J connectivity index is 2.73. The van der Waals surface area contributed by atoms with Gasteiger partial charge in [0.2, 0.25) is 0 Å². The molecule has 0 fully saturated rings. The first kappa shape index (κ1) is 11.9. The van der Waals surface area contributed by atoms with Gasteiger partial charge in [-0.2, -0.15) is 13.2 Å². The van der Waals surface area contributed by atoms with E-state index in [0.717, 1.165) is 12.1 Å². The minimum absolute atomic E-state index is 0.216. The number of halogens is 4. The number of carbonyl (C=O) groups is 1. The SMILES string of the molecule is O=Cc1cnc2cc(Cl)c(C(F)(F)F)cc2c1. The summed E-state index contributed by atoms with van der Waals surface area (Å²) in [7, 11) is 0. The third-order valence-electron chi connectivity index (χ3n) is 2.23. The molecule has 2 rings (SSSR count). The first-order valence-corrected chi connectivity index (χ1v) is 4.91. The second-order valence-electron chi connectivity index (χ2n) is 3.41. The standard InChI is InChI=1S/C11H5ClF3NO/c12-9-3-10-7(1-6(5-17)4-16-10)2-8(9)11(13,14)15/h1-5H. The van der Waals surface area contributed by atoms with Crippen LogP contribution in [0.25, 0.3) is 10.9 Å². The molecular weight excluding hydrogens is 255 g/mol. The van der Waals surface area contributed by atoms with Gasteiger partial charge in [0.1, 0.15) is 0 Å². The Morgan fingerprint density at radius 1 is 1.24 bits per heavy atom. The van der Waals surface area contributed by atoms with Gasteiger partial charge >= 0.3 is 6.18 Å². The molecule has 0 spiro atoms. The summed E-state index contributed by atoms with van der Waals surface area (Å²) in [5, 5.41) is -0.178. The quantitative estimate of drug-likeness (QED) is 0.731. The van der Waals surface area contributed by atoms with Crippen LogP contribution in [0.5, 0.6) is 0 Å². The van der Waals surface area contributed by atoms with E-state index in [9.17, 15) is 18.0 Å². The predicted octanol–water partition coefficient (Wildman–Crippen LogP) is 3.72. The number of aldehydes is 1. The minimum atomic E-state index is -4.53. The molecule has 0 aliphatic rings. The molecule has 88 valence electrons. The van der Waals surface area contributed by atoms with Crippen molar-refractivity contribution < 1.29 is 18.0 Å². The Morgan fingerprint density at radius 2 is 1.94 bits per heavy atom. The second-order valence-corrected chi connectivity index (χ2v) is 3.82. The minimum Gasteiger partial charge on any atom is -0.298 e. The molecule has 0 bridgehead atoms. The summed E-state index contributed by atoms with van der Waals surface area (Å²) in [5.74, 6) is 0. The van der Waals surface area contributed by atoms with Gasteiger partial charge in [0.25, 0.3) is 0 Å². The molecule has 2 aromatic rings. The smallest absolute Gasteiger partial charge is 0.298 e. The van der Waals surface area contributed by atoms with E-state index < -0.39 is 16.8 Å². The Hall–Kier alpha value is -1.62. The first-order chi connectivity index (χ1) is 7.91. The molecule has 6 heteroatoms. The molecule has 1 aromatic heterocycles. The van der Waals surface area contributed by atoms with Gasteiger partial charge in [-0.25, -0.2) is 0 Å². The van der Waals surface area contributed by atoms with E-state index >= 15 is 0 Å². The Labute approximate surface area is 99.0 Å².